The smallest absolute Gasteiger partial charge is 0.246 e. The maximum Gasteiger partial charge on any atom is 0.246 e. The van der Waals surface area contributed by atoms with Crippen LogP contribution in [-0.4, -0.2) is 30.0 Å². The molecule has 1 aliphatic heterocycles. The molecule has 106 valence electrons. The van der Waals surface area contributed by atoms with Gasteiger partial charge in [0.2, 0.25) is 11.7 Å². The van der Waals surface area contributed by atoms with Crippen molar-refractivity contribution in [2.45, 2.75) is 50.2 Å². The Labute approximate surface area is 112 Å². The summed E-state index contributed by atoms with van der Waals surface area (Å²) < 4.78 is 16.3. The molecule has 6 nitrogen and oxygen atoms in total. The first kappa shape index (κ1) is 13.0. The third-order valence-corrected chi connectivity index (χ3v) is 3.97. The van der Waals surface area contributed by atoms with Gasteiger partial charge < -0.3 is 19.7 Å². The first-order chi connectivity index (χ1) is 9.28. The molecule has 1 saturated heterocycles. The van der Waals surface area contributed by atoms with Crippen LogP contribution in [0.3, 0.4) is 0 Å². The third-order valence-electron chi connectivity index (χ3n) is 3.97. The summed E-state index contributed by atoms with van der Waals surface area (Å²) in [6.45, 7) is 1.68. The second kappa shape index (κ2) is 5.56. The normalized spacial score (nSPS) is 27.9. The summed E-state index contributed by atoms with van der Waals surface area (Å²) in [4.78, 5) is 4.46. The number of hydrogen-bond acceptors (Lipinski definition) is 6. The van der Waals surface area contributed by atoms with Crippen molar-refractivity contribution in [2.75, 3.05) is 19.8 Å². The van der Waals surface area contributed by atoms with Gasteiger partial charge in [0.1, 0.15) is 6.10 Å². The fourth-order valence-electron chi connectivity index (χ4n) is 2.78. The molecular formula is C13H21N3O3. The first-order valence-corrected chi connectivity index (χ1v) is 7.10. The topological polar surface area (TPSA) is 83.4 Å². The molecule has 0 spiro atoms. The Morgan fingerprint density at radius 1 is 1.11 bits per heavy atom. The molecule has 0 radical (unpaired) electrons. The van der Waals surface area contributed by atoms with Gasteiger partial charge in [-0.1, -0.05) is 30.8 Å². The first-order valence-electron chi connectivity index (χ1n) is 7.10. The maximum atomic E-state index is 6.45. The fraction of sp³-hybridized carbons (Fsp3) is 0.846. The quantitative estimate of drug-likeness (QED) is 0.820. The van der Waals surface area contributed by atoms with Gasteiger partial charge in [-0.15, -0.1) is 0 Å². The average molecular weight is 267 g/mol. The number of ether oxygens (including phenoxy) is 2. The summed E-state index contributed by atoms with van der Waals surface area (Å²) in [6.07, 6.45) is 6.32. The lowest BCUT2D eigenvalue weighted by atomic mass is 9.91. The van der Waals surface area contributed by atoms with Crippen molar-refractivity contribution >= 4 is 0 Å². The van der Waals surface area contributed by atoms with E-state index in [0.29, 0.717) is 31.5 Å². The highest BCUT2D eigenvalue weighted by molar-refractivity contribution is 5.04. The highest BCUT2D eigenvalue weighted by Gasteiger charge is 2.35. The molecule has 0 bridgehead atoms. The number of aromatic nitrogens is 2. The van der Waals surface area contributed by atoms with Gasteiger partial charge in [0.25, 0.3) is 0 Å². The molecule has 3 rings (SSSR count). The molecule has 2 aliphatic rings. The van der Waals surface area contributed by atoms with E-state index in [1.807, 2.05) is 0 Å². The van der Waals surface area contributed by atoms with Crippen LogP contribution in [0.25, 0.3) is 0 Å². The van der Waals surface area contributed by atoms with E-state index in [4.69, 9.17) is 19.7 Å². The predicted octanol–water partition coefficient (Wildman–Crippen LogP) is 1.67. The maximum absolute atomic E-state index is 6.45. The minimum absolute atomic E-state index is 0.222. The van der Waals surface area contributed by atoms with Crippen molar-refractivity contribution in [3.05, 3.63) is 11.7 Å². The van der Waals surface area contributed by atoms with Gasteiger partial charge in [-0.2, -0.15) is 4.98 Å². The van der Waals surface area contributed by atoms with Crippen molar-refractivity contribution < 1.29 is 14.0 Å². The summed E-state index contributed by atoms with van der Waals surface area (Å²) in [5.74, 6) is 1.11. The van der Waals surface area contributed by atoms with Crippen LogP contribution in [-0.2, 0) is 15.0 Å². The van der Waals surface area contributed by atoms with Crippen molar-refractivity contribution in [1.82, 2.24) is 10.1 Å². The Hall–Kier alpha value is -0.980. The Bertz CT molecular complexity index is 407. The lowest BCUT2D eigenvalue weighted by Gasteiger charge is -2.23. The van der Waals surface area contributed by atoms with Crippen molar-refractivity contribution in [3.8, 4) is 0 Å². The average Bonchev–Trinajstić information content (AvgIpc) is 2.85. The zero-order valence-electron chi connectivity index (χ0n) is 11.1. The minimum Gasteiger partial charge on any atom is -0.376 e. The summed E-state index contributed by atoms with van der Waals surface area (Å²) in [6, 6.07) is 0. The molecule has 2 heterocycles. The van der Waals surface area contributed by atoms with E-state index in [-0.39, 0.29) is 6.10 Å². The van der Waals surface area contributed by atoms with E-state index in [0.717, 1.165) is 25.7 Å². The van der Waals surface area contributed by atoms with Gasteiger partial charge in [-0.25, -0.2) is 0 Å². The van der Waals surface area contributed by atoms with Gasteiger partial charge in [-0.05, 0) is 12.8 Å². The van der Waals surface area contributed by atoms with E-state index in [1.54, 1.807) is 0 Å². The molecular weight excluding hydrogens is 246 g/mol. The molecule has 19 heavy (non-hydrogen) atoms. The van der Waals surface area contributed by atoms with Crippen LogP contribution < -0.4 is 5.73 Å². The number of nitrogens with two attached hydrogens (primary N) is 1. The Kier molecular flexibility index (Phi) is 3.81. The van der Waals surface area contributed by atoms with Crippen molar-refractivity contribution in [1.29, 1.82) is 0 Å². The third kappa shape index (κ3) is 2.80. The summed E-state index contributed by atoms with van der Waals surface area (Å²) in [5.41, 5.74) is 5.99. The molecule has 1 atom stereocenters. The molecule has 2 N–H and O–H groups in total. The number of nitrogens with zero attached hydrogens (tertiary/aromatic N) is 2. The van der Waals surface area contributed by atoms with Gasteiger partial charge in [0.05, 0.1) is 25.4 Å². The van der Waals surface area contributed by atoms with Crippen LogP contribution in [0.15, 0.2) is 4.52 Å². The molecule has 6 heteroatoms. The molecule has 1 aliphatic carbocycles. The zero-order valence-corrected chi connectivity index (χ0v) is 11.1. The van der Waals surface area contributed by atoms with Crippen molar-refractivity contribution in [3.63, 3.8) is 0 Å². The molecule has 1 aromatic rings. The second-order valence-corrected chi connectivity index (χ2v) is 5.46. The summed E-state index contributed by atoms with van der Waals surface area (Å²) in [5, 5.41) is 4.02. The fourth-order valence-corrected chi connectivity index (χ4v) is 2.78. The van der Waals surface area contributed by atoms with Crippen LogP contribution in [0.5, 0.6) is 0 Å². The molecule has 1 aromatic heterocycles. The van der Waals surface area contributed by atoms with E-state index >= 15 is 0 Å². The van der Waals surface area contributed by atoms with Gasteiger partial charge in [-0.3, -0.25) is 0 Å². The lowest BCUT2D eigenvalue weighted by Crippen LogP contribution is -2.36. The molecule has 0 aromatic carbocycles. The zero-order chi connectivity index (χ0) is 13.1. The number of hydrogen-bond donors (Lipinski definition) is 1. The molecule has 1 unspecified atom stereocenters. The Morgan fingerprint density at radius 2 is 1.89 bits per heavy atom. The van der Waals surface area contributed by atoms with E-state index in [9.17, 15) is 0 Å². The van der Waals surface area contributed by atoms with Gasteiger partial charge >= 0.3 is 0 Å². The van der Waals surface area contributed by atoms with Crippen LogP contribution in [0.2, 0.25) is 0 Å². The van der Waals surface area contributed by atoms with Crippen LogP contribution in [0, 0.1) is 0 Å². The SMILES string of the molecule is NC1(c2nc(C3COCCO3)no2)CCCCCC1. The van der Waals surface area contributed by atoms with Crippen LogP contribution in [0.4, 0.5) is 0 Å². The van der Waals surface area contributed by atoms with E-state index in [1.165, 1.54) is 12.8 Å². The van der Waals surface area contributed by atoms with E-state index < -0.39 is 5.54 Å². The van der Waals surface area contributed by atoms with Crippen LogP contribution in [0.1, 0.15) is 56.3 Å². The number of rotatable bonds is 2. The van der Waals surface area contributed by atoms with E-state index in [2.05, 4.69) is 10.1 Å². The largest absolute Gasteiger partial charge is 0.376 e. The van der Waals surface area contributed by atoms with Crippen LogP contribution >= 0.6 is 0 Å². The predicted molar refractivity (Wildman–Crippen MR) is 67.4 cm³/mol. The molecule has 2 fully saturated rings. The van der Waals surface area contributed by atoms with Gasteiger partial charge in [0.15, 0.2) is 0 Å². The molecule has 0 amide bonds. The summed E-state index contributed by atoms with van der Waals surface area (Å²) in [7, 11) is 0. The van der Waals surface area contributed by atoms with Gasteiger partial charge in [0, 0.05) is 0 Å². The monoisotopic (exact) mass is 267 g/mol. The Morgan fingerprint density at radius 3 is 2.58 bits per heavy atom. The second-order valence-electron chi connectivity index (χ2n) is 5.46. The highest BCUT2D eigenvalue weighted by Crippen LogP contribution is 2.33. The Balaban J connectivity index is 1.75. The molecule has 1 saturated carbocycles. The highest BCUT2D eigenvalue weighted by atomic mass is 16.6. The van der Waals surface area contributed by atoms with Crippen molar-refractivity contribution in [2.24, 2.45) is 5.73 Å². The standard InChI is InChI=1S/C13H21N3O3/c14-13(5-3-1-2-4-6-13)12-15-11(16-19-12)10-9-17-7-8-18-10/h10H,1-9,14H2. The minimum atomic E-state index is -0.461. The lowest BCUT2D eigenvalue weighted by molar-refractivity contribution is -0.0941. The summed E-state index contributed by atoms with van der Waals surface area (Å²) >= 11 is 0.